The fourth-order valence-electron chi connectivity index (χ4n) is 2.96. The van der Waals surface area contributed by atoms with E-state index in [-0.39, 0.29) is 5.91 Å². The molecule has 0 bridgehead atoms. The van der Waals surface area contributed by atoms with E-state index in [1.54, 1.807) is 4.90 Å². The van der Waals surface area contributed by atoms with Gasteiger partial charge in [0.2, 0.25) is 5.91 Å². The fraction of sp³-hybridized carbons (Fsp3) is 0.714. The summed E-state index contributed by atoms with van der Waals surface area (Å²) in [6.07, 6.45) is -0.399. The molecule has 2 aliphatic heterocycles. The quantitative estimate of drug-likeness (QED) is 0.886. The smallest absolute Gasteiger partial charge is 0.262 e. The molecule has 1 aromatic rings. The number of rotatable bonds is 3. The number of hydrogen-bond acceptors (Lipinski definition) is 5. The van der Waals surface area contributed by atoms with Gasteiger partial charge in [-0.15, -0.1) is 0 Å². The average Bonchev–Trinajstić information content (AvgIpc) is 3.04. The van der Waals surface area contributed by atoms with Gasteiger partial charge in [0, 0.05) is 45.2 Å². The van der Waals surface area contributed by atoms with E-state index in [0.29, 0.717) is 32.7 Å². The van der Waals surface area contributed by atoms with Gasteiger partial charge in [0.05, 0.1) is 18.3 Å². The van der Waals surface area contributed by atoms with Crippen LogP contribution in [0.4, 0.5) is 8.78 Å². The van der Waals surface area contributed by atoms with E-state index in [2.05, 4.69) is 15.4 Å². The van der Waals surface area contributed by atoms with Gasteiger partial charge in [-0.3, -0.25) is 15.0 Å². The standard InChI is InChI=1S/C14H20F2N4O2/c1-10-6-11(18-22-10)8-19-2-4-20(5-3-19)13(21)12-7-14(15,16)9-17-12/h6,12,17H,2-5,7-9H2,1H3. The van der Waals surface area contributed by atoms with Crippen LogP contribution in [0.2, 0.25) is 0 Å². The maximum absolute atomic E-state index is 13.2. The van der Waals surface area contributed by atoms with Crippen LogP contribution in [-0.4, -0.2) is 65.6 Å². The number of alkyl halides is 2. The third-order valence-electron chi connectivity index (χ3n) is 4.15. The molecule has 3 heterocycles. The molecule has 2 aliphatic rings. The lowest BCUT2D eigenvalue weighted by molar-refractivity contribution is -0.135. The molecule has 1 N–H and O–H groups in total. The number of nitrogens with one attached hydrogen (secondary N) is 1. The summed E-state index contributed by atoms with van der Waals surface area (Å²) in [7, 11) is 0. The zero-order valence-electron chi connectivity index (χ0n) is 12.5. The summed E-state index contributed by atoms with van der Waals surface area (Å²) < 4.78 is 31.4. The number of hydrogen-bond donors (Lipinski definition) is 1. The summed E-state index contributed by atoms with van der Waals surface area (Å²) in [6, 6.07) is 1.14. The lowest BCUT2D eigenvalue weighted by Gasteiger charge is -2.35. The molecule has 0 aromatic carbocycles. The number of carbonyl (C=O) groups excluding carboxylic acids is 1. The van der Waals surface area contributed by atoms with E-state index in [1.807, 2.05) is 13.0 Å². The maximum Gasteiger partial charge on any atom is 0.262 e. The summed E-state index contributed by atoms with van der Waals surface area (Å²) in [5.74, 6) is -2.21. The van der Waals surface area contributed by atoms with Crippen LogP contribution in [-0.2, 0) is 11.3 Å². The second-order valence-corrected chi connectivity index (χ2v) is 6.02. The van der Waals surface area contributed by atoms with Crippen LogP contribution >= 0.6 is 0 Å². The van der Waals surface area contributed by atoms with E-state index in [9.17, 15) is 13.6 Å². The van der Waals surface area contributed by atoms with Crippen LogP contribution in [0.15, 0.2) is 10.6 Å². The van der Waals surface area contributed by atoms with Gasteiger partial charge in [-0.1, -0.05) is 5.16 Å². The minimum absolute atomic E-state index is 0.214. The Morgan fingerprint density at radius 2 is 2.18 bits per heavy atom. The number of piperazine rings is 1. The molecule has 122 valence electrons. The van der Waals surface area contributed by atoms with Crippen molar-refractivity contribution in [2.45, 2.75) is 31.9 Å². The largest absolute Gasteiger partial charge is 0.361 e. The molecule has 0 saturated carbocycles. The third-order valence-corrected chi connectivity index (χ3v) is 4.15. The third kappa shape index (κ3) is 3.44. The zero-order valence-corrected chi connectivity index (χ0v) is 12.5. The number of aryl methyl sites for hydroxylation is 1. The molecular weight excluding hydrogens is 294 g/mol. The predicted octanol–water partition coefficient (Wildman–Crippen LogP) is 0.624. The highest BCUT2D eigenvalue weighted by molar-refractivity contribution is 5.82. The van der Waals surface area contributed by atoms with Crippen LogP contribution < -0.4 is 5.32 Å². The summed E-state index contributed by atoms with van der Waals surface area (Å²) in [5, 5.41) is 6.57. The van der Waals surface area contributed by atoms with Crippen molar-refractivity contribution >= 4 is 5.91 Å². The molecule has 1 amide bonds. The van der Waals surface area contributed by atoms with Crippen molar-refractivity contribution in [2.24, 2.45) is 0 Å². The summed E-state index contributed by atoms with van der Waals surface area (Å²) in [4.78, 5) is 16.1. The minimum atomic E-state index is -2.77. The Morgan fingerprint density at radius 3 is 2.73 bits per heavy atom. The first-order chi connectivity index (χ1) is 10.4. The number of carbonyl (C=O) groups is 1. The number of amides is 1. The molecule has 1 unspecified atom stereocenters. The maximum atomic E-state index is 13.2. The van der Waals surface area contributed by atoms with E-state index in [1.165, 1.54) is 0 Å². The summed E-state index contributed by atoms with van der Waals surface area (Å²) >= 11 is 0. The first kappa shape index (κ1) is 15.4. The highest BCUT2D eigenvalue weighted by atomic mass is 19.3. The first-order valence-corrected chi connectivity index (χ1v) is 7.47. The SMILES string of the molecule is Cc1cc(CN2CCN(C(=O)C3CC(F)(F)CN3)CC2)no1. The normalized spacial score (nSPS) is 25.6. The van der Waals surface area contributed by atoms with Crippen molar-refractivity contribution in [3.05, 3.63) is 17.5 Å². The number of nitrogens with zero attached hydrogens (tertiary/aromatic N) is 3. The Kier molecular flexibility index (Phi) is 4.14. The van der Waals surface area contributed by atoms with Gasteiger partial charge in [0.25, 0.3) is 5.92 Å². The van der Waals surface area contributed by atoms with Crippen molar-refractivity contribution < 1.29 is 18.1 Å². The summed E-state index contributed by atoms with van der Waals surface area (Å²) in [6.45, 7) is 4.64. The lowest BCUT2D eigenvalue weighted by atomic mass is 10.1. The van der Waals surface area contributed by atoms with Crippen LogP contribution in [0.5, 0.6) is 0 Å². The molecule has 1 atom stereocenters. The first-order valence-electron chi connectivity index (χ1n) is 7.47. The van der Waals surface area contributed by atoms with E-state index < -0.39 is 24.9 Å². The Hall–Kier alpha value is -1.54. The van der Waals surface area contributed by atoms with E-state index in [4.69, 9.17) is 4.52 Å². The topological polar surface area (TPSA) is 61.6 Å². The monoisotopic (exact) mass is 314 g/mol. The van der Waals surface area contributed by atoms with Gasteiger partial charge >= 0.3 is 0 Å². The Morgan fingerprint density at radius 1 is 1.45 bits per heavy atom. The number of aromatic nitrogens is 1. The van der Waals surface area contributed by atoms with Gasteiger partial charge in [0.15, 0.2) is 0 Å². The van der Waals surface area contributed by atoms with Crippen molar-refractivity contribution in [2.75, 3.05) is 32.7 Å². The Balaban J connectivity index is 1.48. The number of halogens is 2. The van der Waals surface area contributed by atoms with Gasteiger partial charge < -0.3 is 9.42 Å². The lowest BCUT2D eigenvalue weighted by Crippen LogP contribution is -2.52. The van der Waals surface area contributed by atoms with E-state index >= 15 is 0 Å². The molecule has 0 radical (unpaired) electrons. The molecule has 0 aliphatic carbocycles. The molecule has 6 nitrogen and oxygen atoms in total. The second kappa shape index (κ2) is 5.92. The van der Waals surface area contributed by atoms with Crippen molar-refractivity contribution in [3.63, 3.8) is 0 Å². The molecule has 3 rings (SSSR count). The predicted molar refractivity (Wildman–Crippen MR) is 74.5 cm³/mol. The van der Waals surface area contributed by atoms with Crippen LogP contribution in [0.1, 0.15) is 17.9 Å². The zero-order chi connectivity index (χ0) is 15.7. The highest BCUT2D eigenvalue weighted by Crippen LogP contribution is 2.26. The van der Waals surface area contributed by atoms with Crippen molar-refractivity contribution in [1.82, 2.24) is 20.3 Å². The highest BCUT2D eigenvalue weighted by Gasteiger charge is 2.43. The fourth-order valence-corrected chi connectivity index (χ4v) is 2.96. The van der Waals surface area contributed by atoms with Gasteiger partial charge in [-0.25, -0.2) is 8.78 Å². The molecular formula is C14H20F2N4O2. The van der Waals surface area contributed by atoms with Crippen LogP contribution in [0, 0.1) is 6.92 Å². The van der Waals surface area contributed by atoms with E-state index in [0.717, 1.165) is 11.5 Å². The van der Waals surface area contributed by atoms with Crippen LogP contribution in [0.3, 0.4) is 0 Å². The molecule has 22 heavy (non-hydrogen) atoms. The van der Waals surface area contributed by atoms with Crippen molar-refractivity contribution in [3.8, 4) is 0 Å². The second-order valence-electron chi connectivity index (χ2n) is 6.02. The summed E-state index contributed by atoms with van der Waals surface area (Å²) in [5.41, 5.74) is 0.870. The molecule has 0 spiro atoms. The molecule has 8 heteroatoms. The molecule has 2 saturated heterocycles. The molecule has 2 fully saturated rings. The molecule has 1 aromatic heterocycles. The van der Waals surface area contributed by atoms with Gasteiger partial charge in [-0.2, -0.15) is 0 Å². The van der Waals surface area contributed by atoms with Crippen LogP contribution in [0.25, 0.3) is 0 Å². The average molecular weight is 314 g/mol. The minimum Gasteiger partial charge on any atom is -0.361 e. The Labute approximate surface area is 127 Å². The van der Waals surface area contributed by atoms with Gasteiger partial charge in [0.1, 0.15) is 5.76 Å². The Bertz CT molecular complexity index is 541. The van der Waals surface area contributed by atoms with Crippen molar-refractivity contribution in [1.29, 1.82) is 0 Å². The van der Waals surface area contributed by atoms with Gasteiger partial charge in [-0.05, 0) is 6.92 Å².